The lowest BCUT2D eigenvalue weighted by atomic mass is 10.0. The fourth-order valence-electron chi connectivity index (χ4n) is 4.00. The minimum absolute atomic E-state index is 0.0114. The summed E-state index contributed by atoms with van der Waals surface area (Å²) in [6, 6.07) is 8.71. The fourth-order valence-corrected chi connectivity index (χ4v) is 4.00. The molecule has 7 heteroatoms. The van der Waals surface area contributed by atoms with Gasteiger partial charge in [-0.1, -0.05) is 30.3 Å². The zero-order valence-corrected chi connectivity index (χ0v) is 14.1. The SMILES string of the molecule is O=C(NCc1ccccc1)N1CCN2C(=O)[C@@H]3CCCN3C(=O)[C@H]2C1. The molecule has 2 atom stereocenters. The highest BCUT2D eigenvalue weighted by Crippen LogP contribution is 2.28. The second kappa shape index (κ2) is 6.38. The van der Waals surface area contributed by atoms with Crippen molar-refractivity contribution in [3.8, 4) is 0 Å². The third kappa shape index (κ3) is 2.83. The van der Waals surface area contributed by atoms with Gasteiger partial charge in [0.2, 0.25) is 11.8 Å². The van der Waals surface area contributed by atoms with Crippen molar-refractivity contribution in [1.29, 1.82) is 0 Å². The van der Waals surface area contributed by atoms with Crippen LogP contribution in [-0.2, 0) is 16.1 Å². The van der Waals surface area contributed by atoms with Crippen molar-refractivity contribution in [2.24, 2.45) is 0 Å². The van der Waals surface area contributed by atoms with Gasteiger partial charge < -0.3 is 20.0 Å². The molecule has 4 amide bonds. The number of urea groups is 1. The van der Waals surface area contributed by atoms with Gasteiger partial charge in [-0.2, -0.15) is 0 Å². The van der Waals surface area contributed by atoms with Gasteiger partial charge in [0.1, 0.15) is 12.1 Å². The lowest BCUT2D eigenvalue weighted by Gasteiger charge is -2.47. The molecule has 3 saturated heterocycles. The molecule has 3 aliphatic rings. The largest absolute Gasteiger partial charge is 0.334 e. The predicted octanol–water partition coefficient (Wildman–Crippen LogP) is 0.414. The van der Waals surface area contributed by atoms with Crippen molar-refractivity contribution in [2.75, 3.05) is 26.2 Å². The van der Waals surface area contributed by atoms with Crippen LogP contribution in [0, 0.1) is 0 Å². The zero-order valence-electron chi connectivity index (χ0n) is 14.1. The molecule has 0 bridgehead atoms. The molecule has 0 spiro atoms. The molecule has 25 heavy (non-hydrogen) atoms. The third-order valence-corrected chi connectivity index (χ3v) is 5.34. The van der Waals surface area contributed by atoms with Crippen LogP contribution in [0.3, 0.4) is 0 Å². The fraction of sp³-hybridized carbons (Fsp3) is 0.500. The van der Waals surface area contributed by atoms with Gasteiger partial charge in [0.05, 0.1) is 6.54 Å². The van der Waals surface area contributed by atoms with Crippen LogP contribution in [0.15, 0.2) is 30.3 Å². The Hall–Kier alpha value is -2.57. The van der Waals surface area contributed by atoms with Gasteiger partial charge in [-0.25, -0.2) is 4.79 Å². The summed E-state index contributed by atoms with van der Waals surface area (Å²) in [7, 11) is 0. The molecular weight excluding hydrogens is 320 g/mol. The van der Waals surface area contributed by atoms with Crippen LogP contribution in [0.5, 0.6) is 0 Å². The maximum atomic E-state index is 12.7. The summed E-state index contributed by atoms with van der Waals surface area (Å²) in [4.78, 5) is 42.8. The smallest absolute Gasteiger partial charge is 0.317 e. The molecule has 1 aromatic rings. The molecule has 0 saturated carbocycles. The number of nitrogens with one attached hydrogen (secondary N) is 1. The number of carbonyl (C=O) groups is 3. The van der Waals surface area contributed by atoms with Gasteiger partial charge in [-0.05, 0) is 18.4 Å². The standard InChI is InChI=1S/C18H22N4O3/c23-16-14-7-4-8-21(14)17(24)15-12-20(9-10-22(15)16)18(25)19-11-13-5-2-1-3-6-13/h1-3,5-6,14-15H,4,7-12H2,(H,19,25)/t14-,15+/m0/s1. The van der Waals surface area contributed by atoms with Crippen LogP contribution >= 0.6 is 0 Å². The second-order valence-corrected chi connectivity index (χ2v) is 6.83. The maximum absolute atomic E-state index is 12.7. The highest BCUT2D eigenvalue weighted by atomic mass is 16.2. The number of hydrogen-bond donors (Lipinski definition) is 1. The topological polar surface area (TPSA) is 73.0 Å². The van der Waals surface area contributed by atoms with Crippen LogP contribution in [-0.4, -0.2) is 70.8 Å². The molecule has 7 nitrogen and oxygen atoms in total. The van der Waals surface area contributed by atoms with E-state index in [-0.39, 0.29) is 30.4 Å². The summed E-state index contributed by atoms with van der Waals surface area (Å²) >= 11 is 0. The summed E-state index contributed by atoms with van der Waals surface area (Å²) in [6.07, 6.45) is 1.64. The number of carbonyl (C=O) groups excluding carboxylic acids is 3. The van der Waals surface area contributed by atoms with Crippen molar-refractivity contribution in [3.05, 3.63) is 35.9 Å². The summed E-state index contributed by atoms with van der Waals surface area (Å²) in [5.41, 5.74) is 1.03. The third-order valence-electron chi connectivity index (χ3n) is 5.34. The summed E-state index contributed by atoms with van der Waals surface area (Å²) in [5.74, 6) is 0.0362. The van der Waals surface area contributed by atoms with E-state index in [0.717, 1.165) is 18.4 Å². The molecular formula is C18H22N4O3. The molecule has 3 fully saturated rings. The van der Waals surface area contributed by atoms with E-state index in [1.165, 1.54) is 0 Å². The number of nitrogens with zero attached hydrogens (tertiary/aromatic N) is 3. The number of fused-ring (bicyclic) bond motifs is 2. The Morgan fingerprint density at radius 3 is 2.52 bits per heavy atom. The minimum atomic E-state index is -0.530. The van der Waals surface area contributed by atoms with Gasteiger partial charge in [-0.15, -0.1) is 0 Å². The Bertz CT molecular complexity index is 693. The first kappa shape index (κ1) is 15.9. The quantitative estimate of drug-likeness (QED) is 0.846. The average Bonchev–Trinajstić information content (AvgIpc) is 3.15. The molecule has 0 radical (unpaired) electrons. The first-order valence-electron chi connectivity index (χ1n) is 8.83. The number of amides is 4. The van der Waals surface area contributed by atoms with E-state index in [9.17, 15) is 14.4 Å². The predicted molar refractivity (Wildman–Crippen MR) is 90.5 cm³/mol. The molecule has 0 aromatic heterocycles. The lowest BCUT2D eigenvalue weighted by Crippen LogP contribution is -2.69. The zero-order chi connectivity index (χ0) is 17.4. The van der Waals surface area contributed by atoms with Crippen LogP contribution in [0.4, 0.5) is 4.79 Å². The maximum Gasteiger partial charge on any atom is 0.317 e. The summed E-state index contributed by atoms with van der Waals surface area (Å²) in [6.45, 7) is 2.26. The van der Waals surface area contributed by atoms with Crippen molar-refractivity contribution >= 4 is 17.8 Å². The number of benzene rings is 1. The van der Waals surface area contributed by atoms with Crippen LogP contribution in [0.2, 0.25) is 0 Å². The first-order chi connectivity index (χ1) is 12.1. The van der Waals surface area contributed by atoms with Crippen LogP contribution < -0.4 is 5.32 Å². The second-order valence-electron chi connectivity index (χ2n) is 6.83. The molecule has 1 N–H and O–H groups in total. The summed E-state index contributed by atoms with van der Waals surface area (Å²) in [5, 5.41) is 2.90. The molecule has 1 aromatic carbocycles. The molecule has 0 aliphatic carbocycles. The lowest BCUT2D eigenvalue weighted by molar-refractivity contribution is -0.162. The Morgan fingerprint density at radius 2 is 1.72 bits per heavy atom. The van der Waals surface area contributed by atoms with Crippen LogP contribution in [0.25, 0.3) is 0 Å². The van der Waals surface area contributed by atoms with Gasteiger partial charge in [0.25, 0.3) is 0 Å². The highest BCUT2D eigenvalue weighted by Gasteiger charge is 2.49. The van der Waals surface area contributed by atoms with Crippen molar-refractivity contribution in [1.82, 2.24) is 20.0 Å². The number of piperazine rings is 2. The molecule has 4 rings (SSSR count). The minimum Gasteiger partial charge on any atom is -0.334 e. The van der Waals surface area contributed by atoms with E-state index >= 15 is 0 Å². The van der Waals surface area contributed by atoms with E-state index in [4.69, 9.17) is 0 Å². The van der Waals surface area contributed by atoms with Crippen molar-refractivity contribution in [3.63, 3.8) is 0 Å². The normalized spacial score (nSPS) is 25.7. The molecule has 3 heterocycles. The van der Waals surface area contributed by atoms with Gasteiger partial charge in [-0.3, -0.25) is 9.59 Å². The van der Waals surface area contributed by atoms with E-state index < -0.39 is 6.04 Å². The average molecular weight is 342 g/mol. The van der Waals surface area contributed by atoms with Gasteiger partial charge in [0.15, 0.2) is 0 Å². The first-order valence-corrected chi connectivity index (χ1v) is 8.83. The molecule has 3 aliphatic heterocycles. The number of rotatable bonds is 2. The van der Waals surface area contributed by atoms with Gasteiger partial charge >= 0.3 is 6.03 Å². The van der Waals surface area contributed by atoms with E-state index in [0.29, 0.717) is 26.2 Å². The Kier molecular flexibility index (Phi) is 4.07. The highest BCUT2D eigenvalue weighted by molar-refractivity contribution is 5.98. The Balaban J connectivity index is 1.40. The Labute approximate surface area is 146 Å². The van der Waals surface area contributed by atoms with E-state index in [1.807, 2.05) is 30.3 Å². The molecule has 132 valence electrons. The Morgan fingerprint density at radius 1 is 1.00 bits per heavy atom. The molecule has 0 unspecified atom stereocenters. The van der Waals surface area contributed by atoms with Crippen LogP contribution in [0.1, 0.15) is 18.4 Å². The summed E-state index contributed by atoms with van der Waals surface area (Å²) < 4.78 is 0. The van der Waals surface area contributed by atoms with E-state index in [2.05, 4.69) is 5.32 Å². The van der Waals surface area contributed by atoms with Gasteiger partial charge in [0, 0.05) is 26.2 Å². The van der Waals surface area contributed by atoms with Crippen molar-refractivity contribution in [2.45, 2.75) is 31.5 Å². The van der Waals surface area contributed by atoms with Crippen molar-refractivity contribution < 1.29 is 14.4 Å². The number of hydrogen-bond acceptors (Lipinski definition) is 3. The van der Waals surface area contributed by atoms with E-state index in [1.54, 1.807) is 14.7 Å². The monoisotopic (exact) mass is 342 g/mol.